The van der Waals surface area contributed by atoms with Crippen LogP contribution < -0.4 is 5.32 Å². The van der Waals surface area contributed by atoms with E-state index in [-0.39, 0.29) is 17.6 Å². The first-order valence-electron chi connectivity index (χ1n) is 10.1. The van der Waals surface area contributed by atoms with Crippen LogP contribution in [0.15, 0.2) is 42.5 Å². The quantitative estimate of drug-likeness (QED) is 0.590. The minimum Gasteiger partial charge on any atom is -0.355 e. The van der Waals surface area contributed by atoms with Gasteiger partial charge in [-0.1, -0.05) is 41.9 Å². The number of nitrogens with one attached hydrogen (secondary N) is 1. The van der Waals surface area contributed by atoms with Gasteiger partial charge in [-0.15, -0.1) is 0 Å². The molecule has 0 saturated carbocycles. The molecule has 3 nitrogen and oxygen atoms in total. The molecule has 0 aliphatic carbocycles. The van der Waals surface area contributed by atoms with Gasteiger partial charge in [-0.2, -0.15) is 11.8 Å². The number of hydrogen-bond donors (Lipinski definition) is 1. The van der Waals surface area contributed by atoms with E-state index in [1.807, 2.05) is 11.8 Å². The number of nitrogens with zero attached hydrogens (tertiary/aromatic N) is 1. The molecule has 3 rings (SSSR count). The molecular formula is C23H28ClFN2OS. The molecule has 2 aromatic carbocycles. The molecule has 2 aromatic rings. The topological polar surface area (TPSA) is 32.3 Å². The summed E-state index contributed by atoms with van der Waals surface area (Å²) in [4.78, 5) is 14.7. The lowest BCUT2D eigenvalue weighted by Gasteiger charge is -2.32. The average Bonchev–Trinajstić information content (AvgIpc) is 2.72. The molecule has 1 aliphatic rings. The number of thioether (sulfide) groups is 1. The SMILES string of the molecule is Cc1ccccc1CSCCNC(=O)C1CCCN(Cc2c(F)cccc2Cl)C1. The Labute approximate surface area is 182 Å². The van der Waals surface area contributed by atoms with E-state index in [4.69, 9.17) is 11.6 Å². The van der Waals surface area contributed by atoms with Crippen LogP contribution in [0.2, 0.25) is 5.02 Å². The summed E-state index contributed by atoms with van der Waals surface area (Å²) in [7, 11) is 0. The third kappa shape index (κ3) is 6.46. The van der Waals surface area contributed by atoms with E-state index in [9.17, 15) is 9.18 Å². The zero-order chi connectivity index (χ0) is 20.6. The summed E-state index contributed by atoms with van der Waals surface area (Å²) in [5.41, 5.74) is 3.17. The predicted octanol–water partition coefficient (Wildman–Crippen LogP) is 5.05. The van der Waals surface area contributed by atoms with Crippen molar-refractivity contribution >= 4 is 29.3 Å². The zero-order valence-electron chi connectivity index (χ0n) is 16.8. The van der Waals surface area contributed by atoms with E-state index in [1.54, 1.807) is 12.1 Å². The molecule has 1 unspecified atom stereocenters. The van der Waals surface area contributed by atoms with Gasteiger partial charge in [0.25, 0.3) is 0 Å². The number of piperidine rings is 1. The summed E-state index contributed by atoms with van der Waals surface area (Å²) in [6, 6.07) is 13.2. The molecule has 1 fully saturated rings. The molecule has 0 aromatic heterocycles. The number of likely N-dealkylation sites (tertiary alicyclic amines) is 1. The van der Waals surface area contributed by atoms with E-state index in [2.05, 4.69) is 41.4 Å². The van der Waals surface area contributed by atoms with Crippen molar-refractivity contribution in [1.29, 1.82) is 0 Å². The molecule has 0 bridgehead atoms. The van der Waals surface area contributed by atoms with E-state index in [1.165, 1.54) is 17.2 Å². The first kappa shape index (κ1) is 22.1. The van der Waals surface area contributed by atoms with Gasteiger partial charge < -0.3 is 5.32 Å². The lowest BCUT2D eigenvalue weighted by atomic mass is 9.96. The normalized spacial score (nSPS) is 17.3. The van der Waals surface area contributed by atoms with Crippen molar-refractivity contribution in [2.75, 3.05) is 25.4 Å². The summed E-state index contributed by atoms with van der Waals surface area (Å²) in [6.07, 6.45) is 1.82. The minimum absolute atomic E-state index is 0.0457. The van der Waals surface area contributed by atoms with Gasteiger partial charge in [-0.05, 0) is 49.6 Å². The van der Waals surface area contributed by atoms with Crippen molar-refractivity contribution in [2.45, 2.75) is 32.1 Å². The number of amides is 1. The van der Waals surface area contributed by atoms with E-state index >= 15 is 0 Å². The molecule has 1 N–H and O–H groups in total. The highest BCUT2D eigenvalue weighted by Gasteiger charge is 2.26. The number of aryl methyl sites for hydroxylation is 1. The second-order valence-corrected chi connectivity index (χ2v) is 9.06. The maximum atomic E-state index is 14.1. The van der Waals surface area contributed by atoms with Gasteiger partial charge >= 0.3 is 0 Å². The van der Waals surface area contributed by atoms with Crippen molar-refractivity contribution in [3.8, 4) is 0 Å². The number of carbonyl (C=O) groups is 1. The number of halogens is 2. The molecule has 29 heavy (non-hydrogen) atoms. The lowest BCUT2D eigenvalue weighted by molar-refractivity contribution is -0.126. The first-order chi connectivity index (χ1) is 14.0. The standard InChI is InChI=1S/C23H28ClFN2OS/c1-17-6-2-3-7-19(17)16-29-13-11-26-23(28)18-8-5-12-27(14-18)15-20-21(24)9-4-10-22(20)25/h2-4,6-7,9-10,18H,5,8,11-16H2,1H3,(H,26,28). The Morgan fingerprint density at radius 1 is 1.28 bits per heavy atom. The van der Waals surface area contributed by atoms with Gasteiger partial charge in [-0.3, -0.25) is 9.69 Å². The molecular weight excluding hydrogens is 407 g/mol. The Morgan fingerprint density at radius 3 is 2.90 bits per heavy atom. The highest BCUT2D eigenvalue weighted by molar-refractivity contribution is 7.98. The first-order valence-corrected chi connectivity index (χ1v) is 11.6. The molecule has 0 spiro atoms. The van der Waals surface area contributed by atoms with Crippen molar-refractivity contribution in [2.24, 2.45) is 5.92 Å². The Hall–Kier alpha value is -1.56. The van der Waals surface area contributed by atoms with Gasteiger partial charge in [-0.25, -0.2) is 4.39 Å². The van der Waals surface area contributed by atoms with Crippen LogP contribution in [0, 0.1) is 18.7 Å². The van der Waals surface area contributed by atoms with Crippen molar-refractivity contribution in [3.05, 3.63) is 70.0 Å². The Kier molecular flexibility index (Phi) is 8.40. The highest BCUT2D eigenvalue weighted by Crippen LogP contribution is 2.24. The molecule has 1 aliphatic heterocycles. The highest BCUT2D eigenvalue weighted by atomic mass is 35.5. The smallest absolute Gasteiger partial charge is 0.224 e. The average molecular weight is 435 g/mol. The largest absolute Gasteiger partial charge is 0.355 e. The molecule has 6 heteroatoms. The monoisotopic (exact) mass is 434 g/mol. The van der Waals surface area contributed by atoms with Gasteiger partial charge in [0.15, 0.2) is 0 Å². The molecule has 0 radical (unpaired) electrons. The van der Waals surface area contributed by atoms with Crippen LogP contribution in [0.3, 0.4) is 0 Å². The van der Waals surface area contributed by atoms with Gasteiger partial charge in [0.1, 0.15) is 5.82 Å². The predicted molar refractivity (Wildman–Crippen MR) is 120 cm³/mol. The lowest BCUT2D eigenvalue weighted by Crippen LogP contribution is -2.43. The Morgan fingerprint density at radius 2 is 2.10 bits per heavy atom. The van der Waals surface area contributed by atoms with Crippen LogP contribution in [0.25, 0.3) is 0 Å². The number of benzene rings is 2. The Bertz CT molecular complexity index is 812. The number of carbonyl (C=O) groups excluding carboxylic acids is 1. The number of rotatable bonds is 8. The van der Waals surface area contributed by atoms with E-state index in [0.29, 0.717) is 30.2 Å². The molecule has 1 saturated heterocycles. The summed E-state index contributed by atoms with van der Waals surface area (Å²) in [5.74, 6) is 1.63. The zero-order valence-corrected chi connectivity index (χ0v) is 18.4. The van der Waals surface area contributed by atoms with Crippen LogP contribution in [0.4, 0.5) is 4.39 Å². The molecule has 1 atom stereocenters. The maximum Gasteiger partial charge on any atom is 0.224 e. The maximum absolute atomic E-state index is 14.1. The van der Waals surface area contributed by atoms with Gasteiger partial charge in [0.05, 0.1) is 5.92 Å². The second kappa shape index (κ2) is 11.0. The fourth-order valence-electron chi connectivity index (χ4n) is 3.67. The van der Waals surface area contributed by atoms with Crippen molar-refractivity contribution in [1.82, 2.24) is 10.2 Å². The third-order valence-electron chi connectivity index (χ3n) is 5.38. The molecule has 1 amide bonds. The van der Waals surface area contributed by atoms with E-state index in [0.717, 1.165) is 30.9 Å². The van der Waals surface area contributed by atoms with Crippen LogP contribution in [0.5, 0.6) is 0 Å². The van der Waals surface area contributed by atoms with Gasteiger partial charge in [0.2, 0.25) is 5.91 Å². The summed E-state index contributed by atoms with van der Waals surface area (Å²) < 4.78 is 14.1. The second-order valence-electron chi connectivity index (χ2n) is 7.54. The third-order valence-corrected chi connectivity index (χ3v) is 6.75. The fraction of sp³-hybridized carbons (Fsp3) is 0.435. The number of hydrogen-bond acceptors (Lipinski definition) is 3. The van der Waals surface area contributed by atoms with Crippen molar-refractivity contribution < 1.29 is 9.18 Å². The summed E-state index contributed by atoms with van der Waals surface area (Å²) >= 11 is 7.98. The minimum atomic E-state index is -0.283. The fourth-order valence-corrected chi connectivity index (χ4v) is 4.82. The summed E-state index contributed by atoms with van der Waals surface area (Å²) in [6.45, 7) is 4.75. The van der Waals surface area contributed by atoms with Crippen molar-refractivity contribution in [3.63, 3.8) is 0 Å². The Balaban J connectivity index is 1.41. The van der Waals surface area contributed by atoms with Crippen LogP contribution >= 0.6 is 23.4 Å². The molecule has 156 valence electrons. The van der Waals surface area contributed by atoms with Crippen LogP contribution in [-0.4, -0.2) is 36.2 Å². The summed E-state index contributed by atoms with van der Waals surface area (Å²) in [5, 5.41) is 3.52. The van der Waals surface area contributed by atoms with Gasteiger partial charge in [0, 0.05) is 41.7 Å². The molecule has 1 heterocycles. The van der Waals surface area contributed by atoms with E-state index < -0.39 is 0 Å². The van der Waals surface area contributed by atoms with Crippen LogP contribution in [-0.2, 0) is 17.1 Å². The van der Waals surface area contributed by atoms with Crippen LogP contribution in [0.1, 0.15) is 29.5 Å².